The van der Waals surface area contributed by atoms with Gasteiger partial charge in [0.1, 0.15) is 28.6 Å². The SMILES string of the molecule is O=C(C=Cc1cc(Cl)ccc1-n1cnnn1)N[C@@H](Cc1ccccc1)c1nc(-c2cnc3[nH]ccc3c2)c(Cl)[nH]1. The van der Waals surface area contributed by atoms with Crippen LogP contribution in [0.25, 0.3) is 34.1 Å². The molecule has 0 aliphatic rings. The number of carbonyl (C=O) groups is 1. The predicted molar refractivity (Wildman–Crippen MR) is 153 cm³/mol. The van der Waals surface area contributed by atoms with Gasteiger partial charge in [-0.15, -0.1) is 5.10 Å². The molecule has 0 aliphatic heterocycles. The van der Waals surface area contributed by atoms with Crippen molar-refractivity contribution < 1.29 is 4.79 Å². The molecule has 2 aromatic carbocycles. The standard InChI is InChI=1S/C28H21Cl2N9O/c29-21-7-8-23(39-16-33-37-38-39)18(14-21)6-9-24(40)34-22(12-17-4-2-1-3-5-17)28-35-25(26(30)36-28)20-13-19-10-11-31-27(19)32-15-20/h1-11,13-16,22H,12H2,(H,31,32)(H,34,40)(H,35,36)/t22-/m0/s1. The molecule has 0 spiro atoms. The van der Waals surface area contributed by atoms with Gasteiger partial charge in [0, 0.05) is 40.0 Å². The van der Waals surface area contributed by atoms with Gasteiger partial charge in [-0.25, -0.2) is 9.97 Å². The molecule has 0 unspecified atom stereocenters. The van der Waals surface area contributed by atoms with E-state index in [1.165, 1.54) is 17.1 Å². The van der Waals surface area contributed by atoms with Crippen LogP contribution < -0.4 is 5.32 Å². The van der Waals surface area contributed by atoms with Crippen molar-refractivity contribution in [3.63, 3.8) is 0 Å². The molecular formula is C28H21Cl2N9O. The van der Waals surface area contributed by atoms with E-state index in [1.54, 1.807) is 30.5 Å². The van der Waals surface area contributed by atoms with Gasteiger partial charge in [0.2, 0.25) is 5.91 Å². The fourth-order valence-corrected chi connectivity index (χ4v) is 4.81. The summed E-state index contributed by atoms with van der Waals surface area (Å²) < 4.78 is 1.50. The highest BCUT2D eigenvalue weighted by Gasteiger charge is 2.21. The molecule has 0 fully saturated rings. The van der Waals surface area contributed by atoms with E-state index >= 15 is 0 Å². The maximum atomic E-state index is 13.2. The van der Waals surface area contributed by atoms with Crippen molar-refractivity contribution >= 4 is 46.2 Å². The first-order valence-electron chi connectivity index (χ1n) is 12.3. The van der Waals surface area contributed by atoms with Gasteiger partial charge in [0.05, 0.1) is 11.7 Å². The second kappa shape index (κ2) is 11.1. The summed E-state index contributed by atoms with van der Waals surface area (Å²) >= 11 is 12.8. The number of tetrazole rings is 1. The Hall–Kier alpha value is -4.80. The van der Waals surface area contributed by atoms with Gasteiger partial charge in [0.25, 0.3) is 0 Å². The van der Waals surface area contributed by atoms with Gasteiger partial charge in [-0.2, -0.15) is 4.68 Å². The minimum absolute atomic E-state index is 0.326. The Balaban J connectivity index is 1.29. The van der Waals surface area contributed by atoms with E-state index in [9.17, 15) is 4.79 Å². The number of halogens is 2. The van der Waals surface area contributed by atoms with Crippen molar-refractivity contribution in [2.75, 3.05) is 0 Å². The highest BCUT2D eigenvalue weighted by atomic mass is 35.5. The van der Waals surface area contributed by atoms with Crippen LogP contribution in [0.3, 0.4) is 0 Å². The molecule has 4 heterocycles. The summed E-state index contributed by atoms with van der Waals surface area (Å²) in [5.74, 6) is 0.199. The van der Waals surface area contributed by atoms with Crippen molar-refractivity contribution in [1.29, 1.82) is 0 Å². The van der Waals surface area contributed by atoms with Crippen molar-refractivity contribution in [3.05, 3.63) is 113 Å². The number of imidazole rings is 1. The van der Waals surface area contributed by atoms with E-state index in [1.807, 2.05) is 48.7 Å². The smallest absolute Gasteiger partial charge is 0.244 e. The summed E-state index contributed by atoms with van der Waals surface area (Å²) in [6.45, 7) is 0. The minimum atomic E-state index is -0.493. The molecule has 6 aromatic rings. The molecule has 198 valence electrons. The third kappa shape index (κ3) is 5.49. The molecule has 0 bridgehead atoms. The Labute approximate surface area is 238 Å². The Morgan fingerprint density at radius 2 is 1.98 bits per heavy atom. The van der Waals surface area contributed by atoms with Crippen molar-refractivity contribution in [2.45, 2.75) is 12.5 Å². The predicted octanol–water partition coefficient (Wildman–Crippen LogP) is 5.35. The lowest BCUT2D eigenvalue weighted by Crippen LogP contribution is -2.29. The Kier molecular flexibility index (Phi) is 7.09. The van der Waals surface area contributed by atoms with E-state index in [0.29, 0.717) is 39.4 Å². The lowest BCUT2D eigenvalue weighted by Gasteiger charge is -2.16. The number of aromatic amines is 2. The van der Waals surface area contributed by atoms with Crippen LogP contribution in [0.5, 0.6) is 0 Å². The number of nitrogens with zero attached hydrogens (tertiary/aromatic N) is 6. The molecule has 40 heavy (non-hydrogen) atoms. The number of rotatable bonds is 8. The van der Waals surface area contributed by atoms with E-state index in [2.05, 4.69) is 35.8 Å². The molecule has 1 atom stereocenters. The van der Waals surface area contributed by atoms with Crippen LogP contribution in [0, 0.1) is 0 Å². The van der Waals surface area contributed by atoms with Crippen LogP contribution in [-0.4, -0.2) is 46.1 Å². The lowest BCUT2D eigenvalue weighted by atomic mass is 10.1. The van der Waals surface area contributed by atoms with Crippen LogP contribution in [-0.2, 0) is 11.2 Å². The number of benzene rings is 2. The maximum Gasteiger partial charge on any atom is 0.244 e. The van der Waals surface area contributed by atoms with Gasteiger partial charge < -0.3 is 15.3 Å². The van der Waals surface area contributed by atoms with Crippen LogP contribution >= 0.6 is 23.2 Å². The summed E-state index contributed by atoms with van der Waals surface area (Å²) in [4.78, 5) is 28.6. The summed E-state index contributed by atoms with van der Waals surface area (Å²) in [7, 11) is 0. The molecule has 6 rings (SSSR count). The van der Waals surface area contributed by atoms with Crippen LogP contribution in [0.2, 0.25) is 10.2 Å². The molecule has 0 saturated carbocycles. The molecule has 10 nitrogen and oxygen atoms in total. The van der Waals surface area contributed by atoms with Crippen molar-refractivity contribution in [2.24, 2.45) is 0 Å². The highest BCUT2D eigenvalue weighted by Crippen LogP contribution is 2.30. The average Bonchev–Trinajstić information content (AvgIpc) is 3.73. The van der Waals surface area contributed by atoms with E-state index in [-0.39, 0.29) is 5.91 Å². The number of fused-ring (bicyclic) bond motifs is 1. The normalized spacial score (nSPS) is 12.2. The Morgan fingerprint density at radius 1 is 1.10 bits per heavy atom. The zero-order valence-electron chi connectivity index (χ0n) is 20.8. The van der Waals surface area contributed by atoms with Gasteiger partial charge in [-0.05, 0) is 58.8 Å². The molecule has 1 amide bonds. The third-order valence-electron chi connectivity index (χ3n) is 6.28. The Bertz CT molecular complexity index is 1810. The number of pyridine rings is 1. The summed E-state index contributed by atoms with van der Waals surface area (Å²) in [6, 6.07) is 18.5. The monoisotopic (exact) mass is 569 g/mol. The van der Waals surface area contributed by atoms with E-state index in [0.717, 1.165) is 22.2 Å². The van der Waals surface area contributed by atoms with Crippen molar-refractivity contribution in [3.8, 4) is 16.9 Å². The molecule has 4 aromatic heterocycles. The van der Waals surface area contributed by atoms with Gasteiger partial charge in [-0.3, -0.25) is 4.79 Å². The maximum absolute atomic E-state index is 13.2. The molecule has 0 aliphatic carbocycles. The second-order valence-corrected chi connectivity index (χ2v) is 9.78. The lowest BCUT2D eigenvalue weighted by molar-refractivity contribution is -0.117. The van der Waals surface area contributed by atoms with Crippen LogP contribution in [0.15, 0.2) is 85.5 Å². The van der Waals surface area contributed by atoms with Gasteiger partial charge >= 0.3 is 0 Å². The number of H-pyrrole nitrogens is 2. The first-order valence-corrected chi connectivity index (χ1v) is 13.0. The van der Waals surface area contributed by atoms with Crippen LogP contribution in [0.4, 0.5) is 0 Å². The third-order valence-corrected chi connectivity index (χ3v) is 6.79. The topological polar surface area (TPSA) is 130 Å². The fourth-order valence-electron chi connectivity index (χ4n) is 4.39. The molecular weight excluding hydrogens is 549 g/mol. The first-order chi connectivity index (χ1) is 19.5. The highest BCUT2D eigenvalue weighted by molar-refractivity contribution is 6.32. The number of nitrogens with one attached hydrogen (secondary N) is 3. The van der Waals surface area contributed by atoms with Crippen molar-refractivity contribution in [1.82, 2.24) is 45.5 Å². The quantitative estimate of drug-likeness (QED) is 0.212. The fraction of sp³-hybridized carbons (Fsp3) is 0.0714. The first kappa shape index (κ1) is 25.5. The van der Waals surface area contributed by atoms with E-state index in [4.69, 9.17) is 28.2 Å². The second-order valence-electron chi connectivity index (χ2n) is 8.97. The Morgan fingerprint density at radius 3 is 2.80 bits per heavy atom. The minimum Gasteiger partial charge on any atom is -0.346 e. The number of amides is 1. The number of carbonyl (C=O) groups excluding carboxylic acids is 1. The number of hydrogen-bond acceptors (Lipinski definition) is 6. The summed E-state index contributed by atoms with van der Waals surface area (Å²) in [5, 5.41) is 16.2. The van der Waals surface area contributed by atoms with Gasteiger partial charge in [-0.1, -0.05) is 53.5 Å². The van der Waals surface area contributed by atoms with Crippen LogP contribution in [0.1, 0.15) is 23.0 Å². The van der Waals surface area contributed by atoms with E-state index < -0.39 is 6.04 Å². The molecule has 12 heteroatoms. The number of hydrogen-bond donors (Lipinski definition) is 3. The molecule has 0 radical (unpaired) electrons. The van der Waals surface area contributed by atoms with Gasteiger partial charge in [0.15, 0.2) is 0 Å². The summed E-state index contributed by atoms with van der Waals surface area (Å²) in [6.07, 6.45) is 8.60. The largest absolute Gasteiger partial charge is 0.346 e. The molecule has 0 saturated heterocycles. The molecule has 3 N–H and O–H groups in total. The number of aromatic nitrogens is 8. The average molecular weight is 570 g/mol. The zero-order chi connectivity index (χ0) is 27.5. The summed E-state index contributed by atoms with van der Waals surface area (Å²) in [5.41, 5.74) is 4.47. The zero-order valence-corrected chi connectivity index (χ0v) is 22.3.